The van der Waals surface area contributed by atoms with Crippen molar-refractivity contribution >= 4 is 33.1 Å². The highest BCUT2D eigenvalue weighted by Crippen LogP contribution is 2.24. The zero-order valence-corrected chi connectivity index (χ0v) is 17.5. The van der Waals surface area contributed by atoms with Crippen molar-refractivity contribution in [2.24, 2.45) is 0 Å². The fourth-order valence-corrected chi connectivity index (χ4v) is 4.17. The van der Waals surface area contributed by atoms with Gasteiger partial charge in [0, 0.05) is 11.7 Å². The zero-order valence-electron chi connectivity index (χ0n) is 16.7. The van der Waals surface area contributed by atoms with Gasteiger partial charge in [-0.1, -0.05) is 37.3 Å². The maximum absolute atomic E-state index is 12.7. The first kappa shape index (κ1) is 20.1. The van der Waals surface area contributed by atoms with Gasteiger partial charge in [0.05, 0.1) is 10.2 Å². The van der Waals surface area contributed by atoms with Gasteiger partial charge in [-0.2, -0.15) is 0 Å². The van der Waals surface area contributed by atoms with Crippen LogP contribution in [0.5, 0.6) is 5.75 Å². The Kier molecular flexibility index (Phi) is 6.19. The molecule has 5 nitrogen and oxygen atoms in total. The first-order valence-corrected chi connectivity index (χ1v) is 10.5. The number of hydrogen-bond donors (Lipinski definition) is 1. The number of thiazole rings is 1. The summed E-state index contributed by atoms with van der Waals surface area (Å²) < 4.78 is 8.50. The van der Waals surface area contributed by atoms with E-state index in [4.69, 9.17) is 4.74 Å². The van der Waals surface area contributed by atoms with Crippen molar-refractivity contribution in [2.75, 3.05) is 5.32 Å². The fraction of sp³-hybridized carbons (Fsp3) is 0.364. The Morgan fingerprint density at radius 3 is 2.46 bits per heavy atom. The van der Waals surface area contributed by atoms with Crippen LogP contribution in [0.2, 0.25) is 0 Å². The molecule has 0 bridgehead atoms. The van der Waals surface area contributed by atoms with E-state index in [-0.39, 0.29) is 16.8 Å². The third-order valence-corrected chi connectivity index (χ3v) is 5.59. The van der Waals surface area contributed by atoms with Crippen molar-refractivity contribution < 1.29 is 9.53 Å². The summed E-state index contributed by atoms with van der Waals surface area (Å²) in [5.74, 6) is 0.485. The van der Waals surface area contributed by atoms with Gasteiger partial charge in [0.25, 0.3) is 5.91 Å². The van der Waals surface area contributed by atoms with Gasteiger partial charge >= 0.3 is 4.87 Å². The molecule has 28 heavy (non-hydrogen) atoms. The second kappa shape index (κ2) is 8.61. The molecule has 3 rings (SSSR count). The Morgan fingerprint density at radius 2 is 1.86 bits per heavy atom. The lowest BCUT2D eigenvalue weighted by atomic mass is 10.1. The SMILES string of the molecule is CCc1ccc(O[C@H](CC)C(=O)Nc2ccc3c(c2)sc(=O)n3C(C)C)cc1. The number of benzene rings is 2. The summed E-state index contributed by atoms with van der Waals surface area (Å²) in [5, 5.41) is 2.92. The number of hydrogen-bond acceptors (Lipinski definition) is 4. The molecule has 0 aliphatic rings. The monoisotopic (exact) mass is 398 g/mol. The van der Waals surface area contributed by atoms with Crippen LogP contribution in [0.4, 0.5) is 5.69 Å². The van der Waals surface area contributed by atoms with Crippen molar-refractivity contribution in [1.29, 1.82) is 0 Å². The van der Waals surface area contributed by atoms with Crippen LogP contribution in [-0.2, 0) is 11.2 Å². The lowest BCUT2D eigenvalue weighted by Crippen LogP contribution is -2.32. The largest absolute Gasteiger partial charge is 0.481 e. The predicted octanol–water partition coefficient (Wildman–Crippen LogP) is 5.00. The van der Waals surface area contributed by atoms with Crippen molar-refractivity contribution in [3.05, 3.63) is 57.7 Å². The smallest absolute Gasteiger partial charge is 0.308 e. The van der Waals surface area contributed by atoms with E-state index in [9.17, 15) is 9.59 Å². The van der Waals surface area contributed by atoms with E-state index in [0.29, 0.717) is 17.9 Å². The quantitative estimate of drug-likeness (QED) is 0.609. The van der Waals surface area contributed by atoms with Crippen molar-refractivity contribution in [3.8, 4) is 5.75 Å². The number of nitrogens with one attached hydrogen (secondary N) is 1. The average Bonchev–Trinajstić information content (AvgIpc) is 3.01. The molecule has 1 aromatic heterocycles. The average molecular weight is 399 g/mol. The Morgan fingerprint density at radius 1 is 1.14 bits per heavy atom. The van der Waals surface area contributed by atoms with Crippen LogP contribution in [0.15, 0.2) is 47.3 Å². The number of aryl methyl sites for hydroxylation is 1. The Hall–Kier alpha value is -2.60. The first-order valence-electron chi connectivity index (χ1n) is 9.64. The van der Waals surface area contributed by atoms with Gasteiger partial charge in [0.1, 0.15) is 5.75 Å². The van der Waals surface area contributed by atoms with E-state index < -0.39 is 6.10 Å². The molecule has 1 heterocycles. The standard InChI is InChI=1S/C22H26N2O3S/c1-5-15-7-10-17(11-8-15)27-19(6-2)21(25)23-16-9-12-18-20(13-16)28-22(26)24(18)14(3)4/h7-14,19H,5-6H2,1-4H3,(H,23,25)/t19-/m1/s1. The number of rotatable bonds is 7. The molecule has 0 fully saturated rings. The van der Waals surface area contributed by atoms with Gasteiger partial charge in [-0.05, 0) is 62.6 Å². The Labute approximate surface area is 169 Å². The molecule has 148 valence electrons. The molecule has 3 aromatic rings. The molecule has 0 saturated carbocycles. The molecular formula is C22H26N2O3S. The van der Waals surface area contributed by atoms with E-state index in [1.165, 1.54) is 16.9 Å². The Balaban J connectivity index is 1.75. The molecule has 6 heteroatoms. The number of carbonyl (C=O) groups is 1. The molecular weight excluding hydrogens is 372 g/mol. The number of anilines is 1. The van der Waals surface area contributed by atoms with E-state index in [0.717, 1.165) is 16.6 Å². The minimum absolute atomic E-state index is 0.0128. The summed E-state index contributed by atoms with van der Waals surface area (Å²) in [5.41, 5.74) is 2.78. The van der Waals surface area contributed by atoms with E-state index >= 15 is 0 Å². The molecule has 0 radical (unpaired) electrons. The molecule has 0 aliphatic carbocycles. The van der Waals surface area contributed by atoms with Crippen LogP contribution >= 0.6 is 11.3 Å². The van der Waals surface area contributed by atoms with Crippen LogP contribution in [0.1, 0.15) is 45.7 Å². The third-order valence-electron chi connectivity index (χ3n) is 4.67. The molecule has 1 atom stereocenters. The van der Waals surface area contributed by atoms with Crippen molar-refractivity contribution in [2.45, 2.75) is 52.7 Å². The molecule has 0 spiro atoms. The highest BCUT2D eigenvalue weighted by molar-refractivity contribution is 7.16. The molecule has 0 saturated heterocycles. The summed E-state index contributed by atoms with van der Waals surface area (Å²) in [6.45, 7) is 7.99. The number of ether oxygens (including phenoxy) is 1. The topological polar surface area (TPSA) is 60.3 Å². The van der Waals surface area contributed by atoms with Gasteiger partial charge in [0.2, 0.25) is 0 Å². The number of fused-ring (bicyclic) bond motifs is 1. The van der Waals surface area contributed by atoms with Gasteiger partial charge in [-0.15, -0.1) is 0 Å². The maximum atomic E-state index is 12.7. The van der Waals surface area contributed by atoms with Gasteiger partial charge < -0.3 is 10.1 Å². The van der Waals surface area contributed by atoms with E-state index in [2.05, 4.69) is 12.2 Å². The Bertz CT molecular complexity index is 1020. The minimum atomic E-state index is -0.581. The summed E-state index contributed by atoms with van der Waals surface area (Å²) in [4.78, 5) is 24.9. The fourth-order valence-electron chi connectivity index (χ4n) is 3.12. The lowest BCUT2D eigenvalue weighted by Gasteiger charge is -2.17. The lowest BCUT2D eigenvalue weighted by molar-refractivity contribution is -0.122. The molecule has 1 N–H and O–H groups in total. The maximum Gasteiger partial charge on any atom is 0.308 e. The first-order chi connectivity index (χ1) is 13.4. The minimum Gasteiger partial charge on any atom is -0.481 e. The zero-order chi connectivity index (χ0) is 20.3. The van der Waals surface area contributed by atoms with Crippen LogP contribution in [-0.4, -0.2) is 16.6 Å². The normalized spacial score (nSPS) is 12.3. The molecule has 1 amide bonds. The van der Waals surface area contributed by atoms with Gasteiger partial charge in [-0.25, -0.2) is 0 Å². The highest BCUT2D eigenvalue weighted by atomic mass is 32.1. The van der Waals surface area contributed by atoms with Crippen LogP contribution < -0.4 is 14.9 Å². The van der Waals surface area contributed by atoms with Crippen LogP contribution in [0, 0.1) is 0 Å². The van der Waals surface area contributed by atoms with Crippen molar-refractivity contribution in [3.63, 3.8) is 0 Å². The summed E-state index contributed by atoms with van der Waals surface area (Å²) in [7, 11) is 0. The number of amides is 1. The predicted molar refractivity (Wildman–Crippen MR) is 116 cm³/mol. The number of nitrogens with zero attached hydrogens (tertiary/aromatic N) is 1. The second-order valence-corrected chi connectivity index (χ2v) is 8.01. The van der Waals surface area contributed by atoms with E-state index in [1.807, 2.05) is 63.2 Å². The summed E-state index contributed by atoms with van der Waals surface area (Å²) >= 11 is 1.19. The number of carbonyl (C=O) groups excluding carboxylic acids is 1. The summed E-state index contributed by atoms with van der Waals surface area (Å²) in [6, 6.07) is 13.5. The third kappa shape index (κ3) is 4.28. The summed E-state index contributed by atoms with van der Waals surface area (Å²) in [6.07, 6.45) is 0.938. The molecule has 0 aliphatic heterocycles. The number of aromatic nitrogens is 1. The van der Waals surface area contributed by atoms with Gasteiger partial charge in [-0.3, -0.25) is 14.2 Å². The van der Waals surface area contributed by atoms with Crippen LogP contribution in [0.3, 0.4) is 0 Å². The van der Waals surface area contributed by atoms with Gasteiger partial charge in [0.15, 0.2) is 6.10 Å². The highest BCUT2D eigenvalue weighted by Gasteiger charge is 2.19. The van der Waals surface area contributed by atoms with E-state index in [1.54, 1.807) is 4.57 Å². The van der Waals surface area contributed by atoms with Crippen LogP contribution in [0.25, 0.3) is 10.2 Å². The van der Waals surface area contributed by atoms with Crippen molar-refractivity contribution in [1.82, 2.24) is 4.57 Å². The second-order valence-electron chi connectivity index (χ2n) is 7.02. The molecule has 2 aromatic carbocycles. The molecule has 0 unspecified atom stereocenters.